The van der Waals surface area contributed by atoms with Gasteiger partial charge in [0.25, 0.3) is 0 Å². The minimum absolute atomic E-state index is 0.0216. The second kappa shape index (κ2) is 10.5. The molecule has 146 valence electrons. The summed E-state index contributed by atoms with van der Waals surface area (Å²) in [4.78, 5) is 23.6. The Labute approximate surface area is 160 Å². The lowest BCUT2D eigenvalue weighted by atomic mass is 10.2. The number of hydrogen-bond acceptors (Lipinski definition) is 3. The van der Waals surface area contributed by atoms with Crippen LogP contribution in [0.3, 0.4) is 0 Å². The molecule has 0 aliphatic carbocycles. The van der Waals surface area contributed by atoms with E-state index in [1.165, 1.54) is 18.2 Å². The molecule has 6 nitrogen and oxygen atoms in total. The number of benzene rings is 2. The number of ether oxygens (including phenoxy) is 1. The van der Waals surface area contributed by atoms with E-state index in [0.29, 0.717) is 23.5 Å². The summed E-state index contributed by atoms with van der Waals surface area (Å²) in [5.41, 5.74) is 1.40. The van der Waals surface area contributed by atoms with Crippen LogP contribution in [0.5, 0.6) is 5.75 Å². The van der Waals surface area contributed by atoms with Gasteiger partial charge in [0.2, 0.25) is 5.91 Å². The molecular formula is C20H19F2N3O3. The van der Waals surface area contributed by atoms with E-state index in [2.05, 4.69) is 27.3 Å². The molecule has 3 N–H and O–H groups in total. The highest BCUT2D eigenvalue weighted by Gasteiger charge is 2.07. The van der Waals surface area contributed by atoms with Gasteiger partial charge >= 0.3 is 12.6 Å². The maximum atomic E-state index is 12.4. The van der Waals surface area contributed by atoms with Gasteiger partial charge in [0.15, 0.2) is 0 Å². The van der Waals surface area contributed by atoms with Crippen molar-refractivity contribution in [1.29, 1.82) is 0 Å². The third-order valence-electron chi connectivity index (χ3n) is 3.37. The van der Waals surface area contributed by atoms with Gasteiger partial charge in [-0.1, -0.05) is 24.3 Å². The van der Waals surface area contributed by atoms with E-state index in [1.807, 2.05) is 0 Å². The Hall–Kier alpha value is -3.68. The first-order valence-corrected chi connectivity index (χ1v) is 8.26. The van der Waals surface area contributed by atoms with Crippen LogP contribution in [-0.4, -0.2) is 25.1 Å². The van der Waals surface area contributed by atoms with E-state index in [1.54, 1.807) is 48.5 Å². The largest absolute Gasteiger partial charge is 0.434 e. The summed E-state index contributed by atoms with van der Waals surface area (Å²) in [5, 5.41) is 7.83. The number of carbonyl (C=O) groups excluding carboxylic acids is 2. The standard InChI is InChI=1S/C20H19F2N3O3/c1-2-13-23-20(27)25-16-10-8-15(9-11-16)24-18(26)12-7-14-5-3-4-6-17(14)28-19(21)22/h2-12,19H,1,13H2,(H,24,26)(H2,23,25,27)/b12-7+. The molecular weight excluding hydrogens is 368 g/mol. The first-order chi connectivity index (χ1) is 13.5. The normalized spacial score (nSPS) is 10.5. The molecule has 0 saturated heterocycles. The lowest BCUT2D eigenvalue weighted by molar-refractivity contribution is -0.111. The van der Waals surface area contributed by atoms with Gasteiger partial charge in [0.05, 0.1) is 0 Å². The Morgan fingerprint density at radius 3 is 2.32 bits per heavy atom. The van der Waals surface area contributed by atoms with Crippen molar-refractivity contribution in [3.8, 4) is 5.75 Å². The van der Waals surface area contributed by atoms with Crippen molar-refractivity contribution in [2.75, 3.05) is 17.2 Å². The Bertz CT molecular complexity index is 852. The highest BCUT2D eigenvalue weighted by atomic mass is 19.3. The van der Waals surface area contributed by atoms with Crippen LogP contribution in [0.4, 0.5) is 25.0 Å². The van der Waals surface area contributed by atoms with E-state index in [9.17, 15) is 18.4 Å². The SMILES string of the molecule is C=CCNC(=O)Nc1ccc(NC(=O)/C=C/c2ccccc2OC(F)F)cc1. The molecule has 8 heteroatoms. The molecule has 0 aliphatic rings. The molecule has 2 rings (SSSR count). The highest BCUT2D eigenvalue weighted by Crippen LogP contribution is 2.21. The van der Waals surface area contributed by atoms with Gasteiger partial charge in [-0.3, -0.25) is 4.79 Å². The van der Waals surface area contributed by atoms with Gasteiger partial charge in [-0.2, -0.15) is 8.78 Å². The van der Waals surface area contributed by atoms with Crippen molar-refractivity contribution in [3.63, 3.8) is 0 Å². The first kappa shape index (κ1) is 20.6. The van der Waals surface area contributed by atoms with Gasteiger partial charge < -0.3 is 20.7 Å². The summed E-state index contributed by atoms with van der Waals surface area (Å²) in [5.74, 6) is -0.469. The fourth-order valence-electron chi connectivity index (χ4n) is 2.15. The third-order valence-corrected chi connectivity index (χ3v) is 3.37. The zero-order valence-corrected chi connectivity index (χ0v) is 14.8. The van der Waals surface area contributed by atoms with Crippen molar-refractivity contribution in [2.24, 2.45) is 0 Å². The van der Waals surface area contributed by atoms with Gasteiger partial charge in [0, 0.05) is 29.6 Å². The number of para-hydroxylation sites is 1. The molecule has 0 unspecified atom stereocenters. The topological polar surface area (TPSA) is 79.5 Å². The lowest BCUT2D eigenvalue weighted by Crippen LogP contribution is -2.28. The van der Waals surface area contributed by atoms with Crippen LogP contribution in [0.2, 0.25) is 0 Å². The second-order valence-electron chi connectivity index (χ2n) is 5.44. The Kier molecular flexibility index (Phi) is 7.71. The summed E-state index contributed by atoms with van der Waals surface area (Å²) in [7, 11) is 0. The Morgan fingerprint density at radius 2 is 1.68 bits per heavy atom. The molecule has 2 aromatic carbocycles. The van der Waals surface area contributed by atoms with Crippen molar-refractivity contribution in [2.45, 2.75) is 6.61 Å². The van der Waals surface area contributed by atoms with E-state index in [-0.39, 0.29) is 11.8 Å². The number of amides is 3. The lowest BCUT2D eigenvalue weighted by Gasteiger charge is -2.08. The number of anilines is 2. The Balaban J connectivity index is 1.93. The van der Waals surface area contributed by atoms with Crippen LogP contribution in [0.15, 0.2) is 67.3 Å². The van der Waals surface area contributed by atoms with Crippen molar-refractivity contribution < 1.29 is 23.1 Å². The molecule has 0 spiro atoms. The van der Waals surface area contributed by atoms with Gasteiger partial charge in [-0.25, -0.2) is 4.79 Å². The predicted molar refractivity (Wildman–Crippen MR) is 104 cm³/mol. The second-order valence-corrected chi connectivity index (χ2v) is 5.44. The zero-order valence-electron chi connectivity index (χ0n) is 14.8. The van der Waals surface area contributed by atoms with Gasteiger partial charge in [0.1, 0.15) is 5.75 Å². The molecule has 0 bridgehead atoms. The third kappa shape index (κ3) is 6.91. The molecule has 2 aromatic rings. The smallest absolute Gasteiger partial charge is 0.387 e. The molecule has 0 radical (unpaired) electrons. The molecule has 28 heavy (non-hydrogen) atoms. The summed E-state index contributed by atoms with van der Waals surface area (Å²) >= 11 is 0. The van der Waals surface area contributed by atoms with E-state index < -0.39 is 12.5 Å². The number of rotatable bonds is 8. The molecule has 0 heterocycles. The van der Waals surface area contributed by atoms with E-state index in [0.717, 1.165) is 0 Å². The number of carbonyl (C=O) groups is 2. The van der Waals surface area contributed by atoms with E-state index >= 15 is 0 Å². The first-order valence-electron chi connectivity index (χ1n) is 8.26. The summed E-state index contributed by atoms with van der Waals surface area (Å²) in [6.07, 6.45) is 4.15. The minimum Gasteiger partial charge on any atom is -0.434 e. The van der Waals surface area contributed by atoms with Gasteiger partial charge in [-0.05, 0) is 36.4 Å². The molecule has 0 atom stereocenters. The molecule has 0 fully saturated rings. The number of hydrogen-bond donors (Lipinski definition) is 3. The summed E-state index contributed by atoms with van der Waals surface area (Å²) in [6, 6.07) is 12.3. The van der Waals surface area contributed by atoms with Crippen LogP contribution >= 0.6 is 0 Å². The zero-order chi connectivity index (χ0) is 20.4. The molecule has 0 aliphatic heterocycles. The van der Waals surface area contributed by atoms with Crippen molar-refractivity contribution in [1.82, 2.24) is 5.32 Å². The Morgan fingerprint density at radius 1 is 1.04 bits per heavy atom. The summed E-state index contributed by atoms with van der Waals surface area (Å²) in [6.45, 7) is 0.897. The van der Waals surface area contributed by atoms with Crippen LogP contribution in [0.25, 0.3) is 6.08 Å². The summed E-state index contributed by atoms with van der Waals surface area (Å²) < 4.78 is 29.2. The maximum absolute atomic E-state index is 12.4. The molecule has 0 saturated carbocycles. The monoisotopic (exact) mass is 387 g/mol. The number of halogens is 2. The fraction of sp³-hybridized carbons (Fsp3) is 0.100. The molecule has 0 aromatic heterocycles. The number of urea groups is 1. The highest BCUT2D eigenvalue weighted by molar-refractivity contribution is 6.02. The van der Waals surface area contributed by atoms with Crippen LogP contribution < -0.4 is 20.7 Å². The average molecular weight is 387 g/mol. The van der Waals surface area contributed by atoms with Crippen LogP contribution in [-0.2, 0) is 4.79 Å². The average Bonchev–Trinajstić information content (AvgIpc) is 2.67. The minimum atomic E-state index is -2.95. The number of nitrogens with one attached hydrogen (secondary N) is 3. The molecule has 3 amide bonds. The maximum Gasteiger partial charge on any atom is 0.387 e. The predicted octanol–water partition coefficient (Wildman–Crippen LogP) is 4.25. The van der Waals surface area contributed by atoms with Crippen molar-refractivity contribution >= 4 is 29.4 Å². The fourth-order valence-corrected chi connectivity index (χ4v) is 2.15. The van der Waals surface area contributed by atoms with E-state index in [4.69, 9.17) is 0 Å². The number of alkyl halides is 2. The van der Waals surface area contributed by atoms with Gasteiger partial charge in [-0.15, -0.1) is 6.58 Å². The van der Waals surface area contributed by atoms with Crippen molar-refractivity contribution in [3.05, 3.63) is 72.8 Å². The van der Waals surface area contributed by atoms with Crippen LogP contribution in [0, 0.1) is 0 Å². The van der Waals surface area contributed by atoms with Crippen LogP contribution in [0.1, 0.15) is 5.56 Å². The quantitative estimate of drug-likeness (QED) is 0.468.